The lowest BCUT2D eigenvalue weighted by Gasteiger charge is -2.12. The average Bonchev–Trinajstić information content (AvgIpc) is 3.01. The van der Waals surface area contributed by atoms with Crippen molar-refractivity contribution in [3.63, 3.8) is 0 Å². The monoisotopic (exact) mass is 275 g/mol. The van der Waals surface area contributed by atoms with E-state index in [1.165, 1.54) is 24.2 Å². The average molecular weight is 275 g/mol. The molecule has 2 rings (SSSR count). The first-order valence-corrected chi connectivity index (χ1v) is 8.07. The van der Waals surface area contributed by atoms with Gasteiger partial charge >= 0.3 is 0 Å². The van der Waals surface area contributed by atoms with Crippen molar-refractivity contribution in [2.45, 2.75) is 30.9 Å². The minimum Gasteiger partial charge on any atom is -0.318 e. The summed E-state index contributed by atoms with van der Waals surface area (Å²) < 4.78 is 26.3. The number of sulfonamides is 1. The first-order valence-electron chi connectivity index (χ1n) is 5.64. The maximum absolute atomic E-state index is 11.9. The van der Waals surface area contributed by atoms with E-state index in [1.807, 2.05) is 5.38 Å². The molecule has 0 amide bonds. The molecule has 1 fully saturated rings. The fraction of sp³-hybridized carbons (Fsp3) is 0.700. The third kappa shape index (κ3) is 3.17. The normalized spacial score (nSPS) is 18.0. The van der Waals surface area contributed by atoms with Gasteiger partial charge in [0, 0.05) is 17.8 Å². The Bertz CT molecular complexity index is 479. The summed E-state index contributed by atoms with van der Waals surface area (Å²) in [6.45, 7) is 2.10. The van der Waals surface area contributed by atoms with Crippen LogP contribution in [-0.4, -0.2) is 32.2 Å². The van der Waals surface area contributed by atoms with E-state index in [-0.39, 0.29) is 0 Å². The summed E-state index contributed by atoms with van der Waals surface area (Å²) in [5.74, 6) is 0.555. The maximum Gasteiger partial charge on any atom is 0.238 e. The summed E-state index contributed by atoms with van der Waals surface area (Å²) in [5, 5.41) is 4.81. The number of nitrogens with zero attached hydrogens (tertiary/aromatic N) is 1. The van der Waals surface area contributed by atoms with Gasteiger partial charge in [0.05, 0.1) is 10.9 Å². The van der Waals surface area contributed by atoms with Crippen LogP contribution in [0.1, 0.15) is 31.4 Å². The molecule has 0 saturated heterocycles. The van der Waals surface area contributed by atoms with Crippen LogP contribution >= 0.6 is 11.3 Å². The van der Waals surface area contributed by atoms with Crippen LogP contribution in [0.25, 0.3) is 0 Å². The van der Waals surface area contributed by atoms with Gasteiger partial charge in [-0.25, -0.2) is 13.4 Å². The molecule has 5 nitrogen and oxygen atoms in total. The molecule has 1 heterocycles. The lowest BCUT2D eigenvalue weighted by Crippen LogP contribution is -2.33. The topological polar surface area (TPSA) is 71.1 Å². The van der Waals surface area contributed by atoms with E-state index < -0.39 is 15.3 Å². The SMILES string of the molecule is CNCC(C)S(=O)(=O)Nc1nc(C2CC2)cs1. The highest BCUT2D eigenvalue weighted by molar-refractivity contribution is 7.93. The molecule has 0 radical (unpaired) electrons. The minimum atomic E-state index is -3.33. The fourth-order valence-electron chi connectivity index (χ4n) is 1.52. The first kappa shape index (κ1) is 12.8. The van der Waals surface area contributed by atoms with Crippen molar-refractivity contribution in [3.05, 3.63) is 11.1 Å². The van der Waals surface area contributed by atoms with E-state index in [0.717, 1.165) is 5.69 Å². The lowest BCUT2D eigenvalue weighted by atomic mass is 10.3. The second-order valence-corrected chi connectivity index (χ2v) is 7.32. The van der Waals surface area contributed by atoms with E-state index in [4.69, 9.17) is 0 Å². The number of hydrogen-bond acceptors (Lipinski definition) is 5. The molecule has 0 spiro atoms. The van der Waals surface area contributed by atoms with Crippen LogP contribution in [-0.2, 0) is 10.0 Å². The van der Waals surface area contributed by atoms with Gasteiger partial charge in [-0.05, 0) is 26.8 Å². The number of thiazole rings is 1. The first-order chi connectivity index (χ1) is 8.03. The number of aromatic nitrogens is 1. The highest BCUT2D eigenvalue weighted by Gasteiger charge is 2.27. The quantitative estimate of drug-likeness (QED) is 0.822. The highest BCUT2D eigenvalue weighted by Crippen LogP contribution is 2.41. The van der Waals surface area contributed by atoms with Gasteiger partial charge in [-0.15, -0.1) is 11.3 Å². The Morgan fingerprint density at radius 2 is 2.29 bits per heavy atom. The van der Waals surface area contributed by atoms with Crippen LogP contribution in [0.2, 0.25) is 0 Å². The Morgan fingerprint density at radius 3 is 2.88 bits per heavy atom. The van der Waals surface area contributed by atoms with E-state index in [2.05, 4.69) is 15.0 Å². The third-order valence-electron chi connectivity index (χ3n) is 2.77. The van der Waals surface area contributed by atoms with Crippen molar-refractivity contribution in [2.75, 3.05) is 18.3 Å². The van der Waals surface area contributed by atoms with Gasteiger partial charge in [-0.2, -0.15) is 0 Å². The number of anilines is 1. The van der Waals surface area contributed by atoms with Crippen LogP contribution in [0, 0.1) is 0 Å². The van der Waals surface area contributed by atoms with Gasteiger partial charge in [-0.1, -0.05) is 0 Å². The summed E-state index contributed by atoms with van der Waals surface area (Å²) in [6, 6.07) is 0. The molecule has 1 aromatic rings. The van der Waals surface area contributed by atoms with Crippen molar-refractivity contribution >= 4 is 26.5 Å². The van der Waals surface area contributed by atoms with Gasteiger partial charge in [-0.3, -0.25) is 4.72 Å². The molecule has 0 aliphatic heterocycles. The summed E-state index contributed by atoms with van der Waals surface area (Å²) in [4.78, 5) is 4.31. The molecule has 2 N–H and O–H groups in total. The smallest absolute Gasteiger partial charge is 0.238 e. The fourth-order valence-corrected chi connectivity index (χ4v) is 3.57. The van der Waals surface area contributed by atoms with E-state index >= 15 is 0 Å². The second-order valence-electron chi connectivity index (χ2n) is 4.37. The molecule has 1 aromatic heterocycles. The van der Waals surface area contributed by atoms with E-state index in [9.17, 15) is 8.42 Å². The molecule has 1 unspecified atom stereocenters. The van der Waals surface area contributed by atoms with Crippen molar-refractivity contribution in [1.29, 1.82) is 0 Å². The molecule has 1 saturated carbocycles. The molecule has 0 bridgehead atoms. The third-order valence-corrected chi connectivity index (χ3v) is 5.38. The van der Waals surface area contributed by atoms with Gasteiger partial charge in [0.15, 0.2) is 5.13 Å². The molecular formula is C10H17N3O2S2. The Morgan fingerprint density at radius 1 is 1.59 bits per heavy atom. The summed E-state index contributed by atoms with van der Waals surface area (Å²) >= 11 is 1.36. The largest absolute Gasteiger partial charge is 0.318 e. The van der Waals surface area contributed by atoms with Crippen LogP contribution < -0.4 is 10.0 Å². The second kappa shape index (κ2) is 4.91. The molecule has 17 heavy (non-hydrogen) atoms. The number of nitrogens with one attached hydrogen (secondary N) is 2. The number of hydrogen-bond donors (Lipinski definition) is 2. The standard InChI is InChI=1S/C10H17N3O2S2/c1-7(5-11-2)17(14,15)13-10-12-9(6-16-10)8-3-4-8/h6-8,11H,3-5H2,1-2H3,(H,12,13). The van der Waals surface area contributed by atoms with Gasteiger partial charge in [0.1, 0.15) is 0 Å². The molecule has 1 aliphatic carbocycles. The predicted molar refractivity (Wildman–Crippen MR) is 70.0 cm³/mol. The van der Waals surface area contributed by atoms with E-state index in [0.29, 0.717) is 17.6 Å². The van der Waals surface area contributed by atoms with Crippen LogP contribution in [0.5, 0.6) is 0 Å². The molecule has 1 aliphatic rings. The van der Waals surface area contributed by atoms with Crippen molar-refractivity contribution in [1.82, 2.24) is 10.3 Å². The van der Waals surface area contributed by atoms with Gasteiger partial charge < -0.3 is 5.32 Å². The molecular weight excluding hydrogens is 258 g/mol. The lowest BCUT2D eigenvalue weighted by molar-refractivity contribution is 0.583. The van der Waals surface area contributed by atoms with Crippen LogP contribution in [0.4, 0.5) is 5.13 Å². The predicted octanol–water partition coefficient (Wildman–Crippen LogP) is 1.37. The Kier molecular flexibility index (Phi) is 3.70. The van der Waals surface area contributed by atoms with Crippen molar-refractivity contribution in [2.24, 2.45) is 0 Å². The summed E-state index contributed by atoms with van der Waals surface area (Å²) in [6.07, 6.45) is 2.35. The van der Waals surface area contributed by atoms with Gasteiger partial charge in [0.2, 0.25) is 10.0 Å². The summed E-state index contributed by atoms with van der Waals surface area (Å²) in [5.41, 5.74) is 1.02. The number of rotatable bonds is 6. The zero-order chi connectivity index (χ0) is 12.5. The maximum atomic E-state index is 11.9. The zero-order valence-electron chi connectivity index (χ0n) is 9.93. The molecule has 0 aromatic carbocycles. The molecule has 96 valence electrons. The van der Waals surface area contributed by atoms with Crippen LogP contribution in [0.3, 0.4) is 0 Å². The molecule has 7 heteroatoms. The van der Waals surface area contributed by atoms with E-state index in [1.54, 1.807) is 14.0 Å². The minimum absolute atomic E-state index is 0.427. The molecule has 1 atom stereocenters. The van der Waals surface area contributed by atoms with Gasteiger partial charge in [0.25, 0.3) is 0 Å². The van der Waals surface area contributed by atoms with Crippen molar-refractivity contribution in [3.8, 4) is 0 Å². The van der Waals surface area contributed by atoms with Crippen LogP contribution in [0.15, 0.2) is 5.38 Å². The zero-order valence-corrected chi connectivity index (χ0v) is 11.6. The van der Waals surface area contributed by atoms with Crippen molar-refractivity contribution < 1.29 is 8.42 Å². The summed E-state index contributed by atoms with van der Waals surface area (Å²) in [7, 11) is -1.60. The Hall–Kier alpha value is -0.660. The highest BCUT2D eigenvalue weighted by atomic mass is 32.2. The Balaban J connectivity index is 2.03. The Labute approximate surface area is 106 Å².